The van der Waals surface area contributed by atoms with E-state index in [2.05, 4.69) is 30.9 Å². The van der Waals surface area contributed by atoms with Crippen LogP contribution in [0.25, 0.3) is 28.2 Å². The zero-order chi connectivity index (χ0) is 22.2. The standard InChI is InChI=1S/C20H18ClF2N9/c21-17-15(22)1-2-16(23)18(17)32-20(28-29-30-32)14-7-11(8-26-19(14)24)12-9-27-31(10-12)13-3-5-25-6-4-13/h1-2,7-10,13,25H,3-6H2,(H2,24,26). The Morgan fingerprint density at radius 1 is 1.09 bits per heavy atom. The van der Waals surface area contributed by atoms with E-state index < -0.39 is 16.7 Å². The van der Waals surface area contributed by atoms with Crippen molar-refractivity contribution in [1.82, 2.24) is 40.3 Å². The summed E-state index contributed by atoms with van der Waals surface area (Å²) in [4.78, 5) is 4.25. The number of nitrogens with one attached hydrogen (secondary N) is 1. The molecule has 9 nitrogen and oxygen atoms in total. The summed E-state index contributed by atoms with van der Waals surface area (Å²) in [5, 5.41) is 18.8. The van der Waals surface area contributed by atoms with Gasteiger partial charge in [-0.1, -0.05) is 11.6 Å². The van der Waals surface area contributed by atoms with Gasteiger partial charge in [0.15, 0.2) is 11.6 Å². The molecule has 4 aromatic rings. The van der Waals surface area contributed by atoms with Gasteiger partial charge in [0.1, 0.15) is 22.3 Å². The number of pyridine rings is 1. The number of anilines is 1. The number of nitrogen functional groups attached to an aromatic ring is 1. The Balaban J connectivity index is 1.55. The maximum atomic E-state index is 14.5. The molecule has 3 aromatic heterocycles. The van der Waals surface area contributed by atoms with Gasteiger partial charge in [0.05, 0.1) is 17.8 Å². The summed E-state index contributed by atoms with van der Waals surface area (Å²) in [6, 6.07) is 3.95. The highest BCUT2D eigenvalue weighted by Crippen LogP contribution is 2.33. The molecule has 3 N–H and O–H groups in total. The third-order valence-corrected chi connectivity index (χ3v) is 5.84. The van der Waals surface area contributed by atoms with Crippen LogP contribution in [0, 0.1) is 11.6 Å². The van der Waals surface area contributed by atoms with Crippen LogP contribution in [0.4, 0.5) is 14.6 Å². The number of halogens is 3. The second-order valence-electron chi connectivity index (χ2n) is 7.45. The van der Waals surface area contributed by atoms with E-state index in [4.69, 9.17) is 17.3 Å². The van der Waals surface area contributed by atoms with Gasteiger partial charge in [0, 0.05) is 23.5 Å². The molecule has 0 bridgehead atoms. The fourth-order valence-electron chi connectivity index (χ4n) is 3.79. The van der Waals surface area contributed by atoms with Gasteiger partial charge in [0.2, 0.25) is 0 Å². The molecule has 12 heteroatoms. The first-order valence-electron chi connectivity index (χ1n) is 9.96. The smallest absolute Gasteiger partial charge is 0.191 e. The Morgan fingerprint density at radius 2 is 1.88 bits per heavy atom. The van der Waals surface area contributed by atoms with Gasteiger partial charge in [-0.15, -0.1) is 5.10 Å². The summed E-state index contributed by atoms with van der Waals surface area (Å²) in [5.74, 6) is -1.37. The highest BCUT2D eigenvalue weighted by Gasteiger charge is 2.22. The van der Waals surface area contributed by atoms with E-state index in [-0.39, 0.29) is 17.3 Å². The highest BCUT2D eigenvalue weighted by molar-refractivity contribution is 6.32. The molecular formula is C20H18ClF2N9. The predicted octanol–water partition coefficient (Wildman–Crippen LogP) is 3.03. The molecule has 1 aliphatic heterocycles. The maximum Gasteiger partial charge on any atom is 0.191 e. The molecule has 32 heavy (non-hydrogen) atoms. The first-order chi connectivity index (χ1) is 15.5. The predicted molar refractivity (Wildman–Crippen MR) is 114 cm³/mol. The van der Waals surface area contributed by atoms with Crippen LogP contribution in [0.3, 0.4) is 0 Å². The molecule has 5 rings (SSSR count). The first-order valence-corrected chi connectivity index (χ1v) is 10.3. The minimum Gasteiger partial charge on any atom is -0.383 e. The molecule has 1 fully saturated rings. The van der Waals surface area contributed by atoms with Crippen LogP contribution in [0.1, 0.15) is 18.9 Å². The average molecular weight is 458 g/mol. The lowest BCUT2D eigenvalue weighted by Gasteiger charge is -2.22. The lowest BCUT2D eigenvalue weighted by Crippen LogP contribution is -2.29. The van der Waals surface area contributed by atoms with Crippen molar-refractivity contribution in [3.63, 3.8) is 0 Å². The molecule has 164 valence electrons. The zero-order valence-corrected chi connectivity index (χ0v) is 17.5. The van der Waals surface area contributed by atoms with Crippen LogP contribution in [0.2, 0.25) is 5.02 Å². The summed E-state index contributed by atoms with van der Waals surface area (Å²) in [7, 11) is 0. The van der Waals surface area contributed by atoms with E-state index in [0.29, 0.717) is 11.6 Å². The zero-order valence-electron chi connectivity index (χ0n) is 16.7. The van der Waals surface area contributed by atoms with E-state index in [1.54, 1.807) is 18.5 Å². The Hall–Kier alpha value is -3.44. The average Bonchev–Trinajstić information content (AvgIpc) is 3.48. The largest absolute Gasteiger partial charge is 0.383 e. The van der Waals surface area contributed by atoms with Crippen molar-refractivity contribution in [3.05, 3.63) is 53.4 Å². The van der Waals surface area contributed by atoms with Gasteiger partial charge < -0.3 is 11.1 Å². The van der Waals surface area contributed by atoms with E-state index in [1.807, 2.05) is 10.9 Å². The molecule has 1 aliphatic rings. The first kappa shape index (κ1) is 20.5. The van der Waals surface area contributed by atoms with Crippen LogP contribution in [-0.4, -0.2) is 48.1 Å². The summed E-state index contributed by atoms with van der Waals surface area (Å²) in [6.07, 6.45) is 7.33. The van der Waals surface area contributed by atoms with Crippen LogP contribution < -0.4 is 11.1 Å². The molecule has 1 aromatic carbocycles. The van der Waals surface area contributed by atoms with Crippen molar-refractivity contribution in [2.24, 2.45) is 0 Å². The number of rotatable bonds is 4. The number of nitrogens with zero attached hydrogens (tertiary/aromatic N) is 7. The van der Waals surface area contributed by atoms with Crippen molar-refractivity contribution >= 4 is 17.4 Å². The van der Waals surface area contributed by atoms with Gasteiger partial charge in [-0.05, 0) is 54.6 Å². The second kappa shape index (κ2) is 8.24. The van der Waals surface area contributed by atoms with E-state index in [9.17, 15) is 8.78 Å². The molecule has 0 unspecified atom stereocenters. The van der Waals surface area contributed by atoms with Gasteiger partial charge in [-0.3, -0.25) is 4.68 Å². The molecule has 0 amide bonds. The number of tetrazole rings is 1. The van der Waals surface area contributed by atoms with Crippen molar-refractivity contribution in [1.29, 1.82) is 0 Å². The number of aromatic nitrogens is 7. The Bertz CT molecular complexity index is 1280. The van der Waals surface area contributed by atoms with Crippen LogP contribution >= 0.6 is 11.6 Å². The minimum absolute atomic E-state index is 0.0778. The molecule has 0 atom stereocenters. The van der Waals surface area contributed by atoms with E-state index in [1.165, 1.54) is 0 Å². The monoisotopic (exact) mass is 457 g/mol. The molecule has 1 saturated heterocycles. The van der Waals surface area contributed by atoms with Gasteiger partial charge in [-0.25, -0.2) is 13.8 Å². The molecule has 0 radical (unpaired) electrons. The lowest BCUT2D eigenvalue weighted by molar-refractivity contribution is 0.343. The number of nitrogens with two attached hydrogens (primary N) is 1. The third-order valence-electron chi connectivity index (χ3n) is 5.48. The van der Waals surface area contributed by atoms with Crippen molar-refractivity contribution < 1.29 is 8.78 Å². The maximum absolute atomic E-state index is 14.5. The third kappa shape index (κ3) is 3.59. The molecular weight excluding hydrogens is 440 g/mol. The molecule has 4 heterocycles. The van der Waals surface area contributed by atoms with Gasteiger partial charge >= 0.3 is 0 Å². The number of hydrogen-bond donors (Lipinski definition) is 2. The second-order valence-corrected chi connectivity index (χ2v) is 7.83. The normalized spacial score (nSPS) is 14.7. The minimum atomic E-state index is -0.797. The van der Waals surface area contributed by atoms with Crippen LogP contribution in [0.5, 0.6) is 0 Å². The number of hydrogen-bond acceptors (Lipinski definition) is 7. The SMILES string of the molecule is Nc1ncc(-c2cnn(C3CCNCC3)c2)cc1-c1nnnn1-c1c(F)ccc(F)c1Cl. The van der Waals surface area contributed by atoms with Crippen molar-refractivity contribution in [2.75, 3.05) is 18.8 Å². The van der Waals surface area contributed by atoms with Crippen LogP contribution in [0.15, 0.2) is 36.8 Å². The van der Waals surface area contributed by atoms with E-state index in [0.717, 1.165) is 53.9 Å². The Labute approximate surface area is 186 Å². The van der Waals surface area contributed by atoms with Crippen molar-refractivity contribution in [2.45, 2.75) is 18.9 Å². The highest BCUT2D eigenvalue weighted by atomic mass is 35.5. The number of benzene rings is 1. The topological polar surface area (TPSA) is 112 Å². The Morgan fingerprint density at radius 3 is 2.69 bits per heavy atom. The van der Waals surface area contributed by atoms with Crippen LogP contribution in [-0.2, 0) is 0 Å². The summed E-state index contributed by atoms with van der Waals surface area (Å²) in [5.41, 5.74) is 7.69. The van der Waals surface area contributed by atoms with Gasteiger partial charge in [0.25, 0.3) is 0 Å². The fourth-order valence-corrected chi connectivity index (χ4v) is 4.02. The molecule has 0 aliphatic carbocycles. The van der Waals surface area contributed by atoms with Crippen molar-refractivity contribution in [3.8, 4) is 28.2 Å². The van der Waals surface area contributed by atoms with E-state index >= 15 is 0 Å². The molecule has 0 spiro atoms. The fraction of sp³-hybridized carbons (Fsp3) is 0.250. The Kier molecular flexibility index (Phi) is 5.27. The summed E-state index contributed by atoms with van der Waals surface area (Å²) in [6.45, 7) is 1.91. The number of piperidine rings is 1. The quantitative estimate of drug-likeness (QED) is 0.453. The van der Waals surface area contributed by atoms with Gasteiger partial charge in [-0.2, -0.15) is 9.78 Å². The lowest BCUT2D eigenvalue weighted by atomic mass is 10.1. The summed E-state index contributed by atoms with van der Waals surface area (Å²) >= 11 is 6.00. The summed E-state index contributed by atoms with van der Waals surface area (Å²) < 4.78 is 31.4. The molecule has 0 saturated carbocycles.